The third kappa shape index (κ3) is 5.69. The van der Waals surface area contributed by atoms with Crippen LogP contribution in [-0.4, -0.2) is 53.3 Å². The average molecular weight is 504 g/mol. The standard InChI is InChI=1S/C28H30FN5O3/c29-21-10-18(9-19(11-21)17-35)13-31-6-1-2-8-37-22-15-34(16-22)28-24-5-7-32-14-25(24)23-4-3-20(27(30)36)12-26(23)33-28/h3-5,7,9-12,14,22,31,35H,1-2,6,8,13,15-17H2,(H2,30,36). The fourth-order valence-electron chi connectivity index (χ4n) is 4.69. The predicted octanol–water partition coefficient (Wildman–Crippen LogP) is 3.29. The number of amides is 1. The molecule has 3 heterocycles. The topological polar surface area (TPSA) is 114 Å². The first-order chi connectivity index (χ1) is 18.0. The number of hydrogen-bond donors (Lipinski definition) is 3. The van der Waals surface area contributed by atoms with E-state index in [1.54, 1.807) is 18.3 Å². The minimum atomic E-state index is -0.478. The van der Waals surface area contributed by atoms with Crippen molar-refractivity contribution in [2.75, 3.05) is 31.1 Å². The van der Waals surface area contributed by atoms with Gasteiger partial charge in [-0.15, -0.1) is 0 Å². The summed E-state index contributed by atoms with van der Waals surface area (Å²) in [5, 5.41) is 15.5. The van der Waals surface area contributed by atoms with Crippen molar-refractivity contribution in [3.05, 3.63) is 77.4 Å². The molecule has 1 fully saturated rings. The van der Waals surface area contributed by atoms with Crippen molar-refractivity contribution < 1.29 is 19.0 Å². The zero-order valence-electron chi connectivity index (χ0n) is 20.5. The highest BCUT2D eigenvalue weighted by Gasteiger charge is 2.30. The number of aromatic nitrogens is 2. The van der Waals surface area contributed by atoms with Crippen LogP contribution in [0.2, 0.25) is 0 Å². The van der Waals surface area contributed by atoms with Gasteiger partial charge in [0, 0.05) is 60.4 Å². The zero-order chi connectivity index (χ0) is 25.8. The Morgan fingerprint density at radius 2 is 1.95 bits per heavy atom. The number of carbonyl (C=O) groups is 1. The van der Waals surface area contributed by atoms with Crippen LogP contribution in [0.1, 0.15) is 34.3 Å². The third-order valence-electron chi connectivity index (χ3n) is 6.64. The van der Waals surface area contributed by atoms with Crippen LogP contribution in [0.4, 0.5) is 10.2 Å². The smallest absolute Gasteiger partial charge is 0.248 e. The summed E-state index contributed by atoms with van der Waals surface area (Å²) in [5.41, 5.74) is 8.02. The van der Waals surface area contributed by atoms with Gasteiger partial charge in [-0.3, -0.25) is 9.78 Å². The van der Waals surface area contributed by atoms with E-state index in [0.717, 1.165) is 65.5 Å². The first-order valence-corrected chi connectivity index (χ1v) is 12.5. The van der Waals surface area contributed by atoms with E-state index in [9.17, 15) is 14.3 Å². The number of nitrogens with zero attached hydrogens (tertiary/aromatic N) is 3. The van der Waals surface area contributed by atoms with Crippen LogP contribution in [0.5, 0.6) is 0 Å². The van der Waals surface area contributed by atoms with E-state index in [-0.39, 0.29) is 18.5 Å². The Hall–Kier alpha value is -3.66. The van der Waals surface area contributed by atoms with Crippen LogP contribution >= 0.6 is 0 Å². The number of nitrogens with two attached hydrogens (primary N) is 1. The summed E-state index contributed by atoms with van der Waals surface area (Å²) < 4.78 is 19.6. The van der Waals surface area contributed by atoms with E-state index in [1.165, 1.54) is 12.1 Å². The molecule has 4 N–H and O–H groups in total. The minimum Gasteiger partial charge on any atom is -0.392 e. The van der Waals surface area contributed by atoms with Crippen LogP contribution < -0.4 is 16.0 Å². The van der Waals surface area contributed by atoms with Gasteiger partial charge in [-0.2, -0.15) is 0 Å². The van der Waals surface area contributed by atoms with Crippen LogP contribution in [0.25, 0.3) is 21.7 Å². The Bertz CT molecular complexity index is 1420. The van der Waals surface area contributed by atoms with Crippen molar-refractivity contribution in [1.29, 1.82) is 0 Å². The van der Waals surface area contributed by atoms with Gasteiger partial charge in [-0.1, -0.05) is 12.1 Å². The first-order valence-electron chi connectivity index (χ1n) is 12.5. The molecule has 0 spiro atoms. The number of carbonyl (C=O) groups excluding carboxylic acids is 1. The second-order valence-electron chi connectivity index (χ2n) is 9.36. The molecule has 0 bridgehead atoms. The number of benzene rings is 2. The van der Waals surface area contributed by atoms with Crippen LogP contribution in [0.3, 0.4) is 0 Å². The van der Waals surface area contributed by atoms with Crippen molar-refractivity contribution >= 4 is 33.4 Å². The van der Waals surface area contributed by atoms with Gasteiger partial charge in [-0.25, -0.2) is 9.37 Å². The van der Waals surface area contributed by atoms with E-state index in [0.29, 0.717) is 24.3 Å². The molecule has 0 atom stereocenters. The molecule has 5 rings (SSSR count). The molecule has 1 aliphatic heterocycles. The maximum absolute atomic E-state index is 13.5. The van der Waals surface area contributed by atoms with Gasteiger partial charge in [0.25, 0.3) is 0 Å². The van der Waals surface area contributed by atoms with Crippen molar-refractivity contribution in [2.45, 2.75) is 32.1 Å². The molecule has 192 valence electrons. The monoisotopic (exact) mass is 503 g/mol. The maximum Gasteiger partial charge on any atom is 0.248 e. The zero-order valence-corrected chi connectivity index (χ0v) is 20.5. The Kier molecular flexibility index (Phi) is 7.55. The number of rotatable bonds is 11. The Morgan fingerprint density at radius 3 is 2.76 bits per heavy atom. The lowest BCUT2D eigenvalue weighted by molar-refractivity contribution is 0.0321. The summed E-state index contributed by atoms with van der Waals surface area (Å²) >= 11 is 0. The van der Waals surface area contributed by atoms with Gasteiger partial charge >= 0.3 is 0 Å². The second kappa shape index (κ2) is 11.2. The highest BCUT2D eigenvalue weighted by Crippen LogP contribution is 2.33. The molecule has 1 amide bonds. The van der Waals surface area contributed by atoms with E-state index >= 15 is 0 Å². The number of hydrogen-bond acceptors (Lipinski definition) is 7. The van der Waals surface area contributed by atoms with Gasteiger partial charge in [0.05, 0.1) is 18.2 Å². The number of aliphatic hydroxyl groups excluding tert-OH is 1. The first kappa shape index (κ1) is 25.0. The Labute approximate surface area is 214 Å². The number of fused-ring (bicyclic) bond motifs is 3. The number of unbranched alkanes of at least 4 members (excludes halogenated alkanes) is 1. The molecule has 9 heteroatoms. The number of primary amides is 1. The van der Waals surface area contributed by atoms with Crippen molar-refractivity contribution in [3.63, 3.8) is 0 Å². The molecule has 1 aliphatic rings. The molecule has 0 aliphatic carbocycles. The molecular weight excluding hydrogens is 473 g/mol. The number of ether oxygens (including phenoxy) is 1. The lowest BCUT2D eigenvalue weighted by Crippen LogP contribution is -2.52. The normalized spacial score (nSPS) is 13.8. The highest BCUT2D eigenvalue weighted by molar-refractivity contribution is 6.11. The number of anilines is 1. The Balaban J connectivity index is 1.10. The predicted molar refractivity (Wildman–Crippen MR) is 141 cm³/mol. The molecule has 0 unspecified atom stereocenters. The Morgan fingerprint density at radius 1 is 1.11 bits per heavy atom. The van der Waals surface area contributed by atoms with Gasteiger partial charge in [0.2, 0.25) is 5.91 Å². The van der Waals surface area contributed by atoms with Gasteiger partial charge in [0.1, 0.15) is 11.6 Å². The molecule has 2 aromatic carbocycles. The average Bonchev–Trinajstić information content (AvgIpc) is 2.88. The summed E-state index contributed by atoms with van der Waals surface area (Å²) in [6, 6.07) is 11.9. The SMILES string of the molecule is NC(=O)c1ccc2c(c1)nc(N1CC(OCCCCNCc3cc(F)cc(CO)c3)C1)c1ccncc12. The molecule has 0 radical (unpaired) electrons. The number of nitrogens with one attached hydrogen (secondary N) is 1. The molecular formula is C28H30FN5O3. The summed E-state index contributed by atoms with van der Waals surface area (Å²) in [6.45, 7) is 3.37. The van der Waals surface area contributed by atoms with Gasteiger partial charge in [-0.05, 0) is 60.8 Å². The van der Waals surface area contributed by atoms with Crippen LogP contribution in [-0.2, 0) is 17.9 Å². The van der Waals surface area contributed by atoms with Crippen molar-refractivity contribution in [2.24, 2.45) is 5.73 Å². The molecule has 2 aromatic heterocycles. The summed E-state index contributed by atoms with van der Waals surface area (Å²) in [4.78, 5) is 23.0. The highest BCUT2D eigenvalue weighted by atomic mass is 19.1. The summed E-state index contributed by atoms with van der Waals surface area (Å²) in [6.07, 6.45) is 5.61. The molecule has 0 saturated carbocycles. The molecule has 8 nitrogen and oxygen atoms in total. The van der Waals surface area contributed by atoms with Crippen molar-refractivity contribution in [1.82, 2.24) is 15.3 Å². The second-order valence-corrected chi connectivity index (χ2v) is 9.36. The number of halogens is 1. The molecule has 4 aromatic rings. The lowest BCUT2D eigenvalue weighted by Gasteiger charge is -2.40. The summed E-state index contributed by atoms with van der Waals surface area (Å²) in [7, 11) is 0. The van der Waals surface area contributed by atoms with E-state index < -0.39 is 5.91 Å². The van der Waals surface area contributed by atoms with E-state index in [2.05, 4.69) is 15.2 Å². The lowest BCUT2D eigenvalue weighted by atomic mass is 10.0. The fraction of sp³-hybridized carbons (Fsp3) is 0.321. The van der Waals surface area contributed by atoms with Gasteiger partial charge in [0.15, 0.2) is 0 Å². The minimum absolute atomic E-state index is 0.142. The summed E-state index contributed by atoms with van der Waals surface area (Å²) in [5.74, 6) is 0.0523. The number of aliphatic hydroxyl groups is 1. The molecule has 1 saturated heterocycles. The van der Waals surface area contributed by atoms with E-state index in [4.69, 9.17) is 15.5 Å². The van der Waals surface area contributed by atoms with E-state index in [1.807, 2.05) is 24.4 Å². The quantitative estimate of drug-likeness (QED) is 0.213. The molecule has 37 heavy (non-hydrogen) atoms. The fourth-order valence-corrected chi connectivity index (χ4v) is 4.69. The number of pyridine rings is 2. The van der Waals surface area contributed by atoms with Crippen LogP contribution in [0, 0.1) is 5.82 Å². The third-order valence-corrected chi connectivity index (χ3v) is 6.64. The maximum atomic E-state index is 13.5. The van der Waals surface area contributed by atoms with Crippen LogP contribution in [0.15, 0.2) is 54.9 Å². The van der Waals surface area contributed by atoms with Gasteiger partial charge < -0.3 is 25.8 Å². The van der Waals surface area contributed by atoms with Crippen molar-refractivity contribution in [3.8, 4) is 0 Å². The largest absolute Gasteiger partial charge is 0.392 e.